The average Bonchev–Trinajstić information content (AvgIpc) is 3.70. The van der Waals surface area contributed by atoms with Gasteiger partial charge in [-0.3, -0.25) is 24.7 Å². The second-order valence-electron chi connectivity index (χ2n) is 15.4. The summed E-state index contributed by atoms with van der Waals surface area (Å²) in [6.07, 6.45) is 22.6. The summed E-state index contributed by atoms with van der Waals surface area (Å²) in [7, 11) is 0. The van der Waals surface area contributed by atoms with Crippen LogP contribution in [-0.2, 0) is 14.4 Å². The number of benzene rings is 3. The number of hydrogen-bond acceptors (Lipinski definition) is 8. The first-order chi connectivity index (χ1) is 30.1. The first-order valence-electron chi connectivity index (χ1n) is 22.0. The fourth-order valence-electron chi connectivity index (χ4n) is 7.48. The number of ether oxygens (including phenoxy) is 2. The monoisotopic (exact) mass is 926 g/mol. The number of amides is 3. The van der Waals surface area contributed by atoms with Crippen molar-refractivity contribution < 1.29 is 23.9 Å². The normalized spacial score (nSPS) is 17.4. The maximum atomic E-state index is 14.1. The van der Waals surface area contributed by atoms with Gasteiger partial charge in [-0.2, -0.15) is 10.2 Å². The van der Waals surface area contributed by atoms with Crippen LogP contribution in [0, 0.1) is 5.92 Å². The molecule has 0 radical (unpaired) electrons. The summed E-state index contributed by atoms with van der Waals surface area (Å²) in [5, 5.41) is 10.6. The summed E-state index contributed by atoms with van der Waals surface area (Å²) in [5.74, 6) is -0.568. The third kappa shape index (κ3) is 13.7. The van der Waals surface area contributed by atoms with Gasteiger partial charge in [0.25, 0.3) is 5.91 Å². The van der Waals surface area contributed by atoms with Gasteiger partial charge in [-0.25, -0.2) is 10.0 Å². The molecule has 3 aromatic carbocycles. The van der Waals surface area contributed by atoms with E-state index in [-0.39, 0.29) is 55.5 Å². The van der Waals surface area contributed by atoms with E-state index >= 15 is 0 Å². The number of rotatable bonds is 25. The first kappa shape index (κ1) is 48.9. The maximum absolute atomic E-state index is 14.1. The van der Waals surface area contributed by atoms with Gasteiger partial charge in [0.1, 0.15) is 5.69 Å². The molecule has 2 atom stereocenters. The van der Waals surface area contributed by atoms with Crippen LogP contribution in [0.5, 0.6) is 11.5 Å². The molecule has 0 saturated carbocycles. The minimum Gasteiger partial charge on any atom is -0.490 e. The first-order valence-corrected chi connectivity index (χ1v) is 23.5. The van der Waals surface area contributed by atoms with Crippen molar-refractivity contribution in [2.24, 2.45) is 21.1 Å². The lowest BCUT2D eigenvalue weighted by atomic mass is 10.0. The van der Waals surface area contributed by atoms with Crippen molar-refractivity contribution in [2.75, 3.05) is 23.1 Å². The number of halogens is 4. The number of hydrazine groups is 1. The van der Waals surface area contributed by atoms with Crippen LogP contribution in [0.4, 0.5) is 22.7 Å². The van der Waals surface area contributed by atoms with Crippen molar-refractivity contribution in [1.82, 2.24) is 5.43 Å². The van der Waals surface area contributed by atoms with Crippen LogP contribution in [0.3, 0.4) is 0 Å². The third-order valence-electron chi connectivity index (χ3n) is 10.7. The zero-order valence-corrected chi connectivity index (χ0v) is 39.0. The Morgan fingerprint density at radius 1 is 0.710 bits per heavy atom. The summed E-state index contributed by atoms with van der Waals surface area (Å²) in [6, 6.07) is 11.3. The molecule has 2 aliphatic heterocycles. The molecule has 0 spiro atoms. The number of amidine groups is 1. The average molecular weight is 929 g/mol. The van der Waals surface area contributed by atoms with E-state index in [0.717, 1.165) is 17.9 Å². The molecule has 62 heavy (non-hydrogen) atoms. The molecule has 3 aromatic rings. The van der Waals surface area contributed by atoms with Crippen LogP contribution >= 0.6 is 46.4 Å². The molecule has 2 fully saturated rings. The summed E-state index contributed by atoms with van der Waals surface area (Å²) in [4.78, 5) is 46.9. The highest BCUT2D eigenvalue weighted by molar-refractivity contribution is 6.43. The number of anilines is 2. The molecular formula is C47H58Cl4N6O5. The molecule has 1 N–H and O–H groups in total. The van der Waals surface area contributed by atoms with Gasteiger partial charge in [-0.15, -0.1) is 0 Å². The zero-order valence-electron chi connectivity index (χ0n) is 35.9. The minimum atomic E-state index is -1.31. The number of allylic oxidation sites excluding steroid dienone is 2. The zero-order chi connectivity index (χ0) is 44.4. The van der Waals surface area contributed by atoms with E-state index in [1.807, 2.05) is 13.8 Å². The van der Waals surface area contributed by atoms with E-state index in [4.69, 9.17) is 60.9 Å². The molecule has 2 heterocycles. The number of nitrogens with zero attached hydrogens (tertiary/aromatic N) is 5. The number of azo groups is 1. The van der Waals surface area contributed by atoms with E-state index < -0.39 is 17.9 Å². The molecule has 2 aliphatic rings. The molecule has 15 heteroatoms. The quantitative estimate of drug-likeness (QED) is 0.0390. The van der Waals surface area contributed by atoms with Gasteiger partial charge in [0.05, 0.1) is 45.3 Å². The fraction of sp³-hybridized carbons (Fsp3) is 0.489. The lowest BCUT2D eigenvalue weighted by Gasteiger charge is -2.19. The summed E-state index contributed by atoms with van der Waals surface area (Å²) in [6.45, 7) is 6.82. The molecule has 2 unspecified atom stereocenters. The maximum Gasteiger partial charge on any atom is 0.280 e. The number of nitrogens with one attached hydrogen (secondary N) is 1. The Labute approximate surface area is 386 Å². The number of carbonyl (C=O) groups excluding carboxylic acids is 3. The highest BCUT2D eigenvalue weighted by Gasteiger charge is 2.42. The smallest absolute Gasteiger partial charge is 0.280 e. The highest BCUT2D eigenvalue weighted by Crippen LogP contribution is 2.40. The van der Waals surface area contributed by atoms with Gasteiger partial charge < -0.3 is 9.47 Å². The van der Waals surface area contributed by atoms with Crippen LogP contribution in [0.15, 0.2) is 75.9 Å². The topological polar surface area (TPSA) is 125 Å². The van der Waals surface area contributed by atoms with E-state index in [2.05, 4.69) is 34.7 Å². The molecule has 11 nitrogen and oxygen atoms in total. The van der Waals surface area contributed by atoms with Crippen LogP contribution in [0.2, 0.25) is 20.1 Å². The van der Waals surface area contributed by atoms with Gasteiger partial charge in [0.2, 0.25) is 17.9 Å². The predicted molar refractivity (Wildman–Crippen MR) is 252 cm³/mol. The number of imide groups is 1. The number of carbonyl (C=O) groups is 3. The summed E-state index contributed by atoms with van der Waals surface area (Å²) < 4.78 is 11.4. The Balaban J connectivity index is 1.24. The molecule has 0 bridgehead atoms. The molecule has 3 amide bonds. The number of aliphatic imine (C=N–C) groups is 1. The number of unbranched alkanes of at least 4 members (excludes halogenated alkanes) is 12. The van der Waals surface area contributed by atoms with Gasteiger partial charge in [0, 0.05) is 23.4 Å². The molecule has 0 aliphatic carbocycles. The second-order valence-corrected chi connectivity index (χ2v) is 17.1. The highest BCUT2D eigenvalue weighted by atomic mass is 35.5. The minimum absolute atomic E-state index is 0.0306. The predicted octanol–water partition coefficient (Wildman–Crippen LogP) is 14.1. The molecule has 334 valence electrons. The van der Waals surface area contributed by atoms with Crippen molar-refractivity contribution in [2.45, 2.75) is 130 Å². The van der Waals surface area contributed by atoms with Crippen molar-refractivity contribution in [3.63, 3.8) is 0 Å². The largest absolute Gasteiger partial charge is 0.490 e. The molecule has 2 saturated heterocycles. The van der Waals surface area contributed by atoms with Gasteiger partial charge in [-0.1, -0.05) is 136 Å². The van der Waals surface area contributed by atoms with Crippen molar-refractivity contribution in [3.05, 3.63) is 80.8 Å². The van der Waals surface area contributed by atoms with Gasteiger partial charge >= 0.3 is 0 Å². The van der Waals surface area contributed by atoms with Crippen LogP contribution in [0.25, 0.3) is 0 Å². The van der Waals surface area contributed by atoms with Crippen LogP contribution in [-0.4, -0.2) is 42.8 Å². The van der Waals surface area contributed by atoms with Crippen molar-refractivity contribution in [3.8, 4) is 11.5 Å². The van der Waals surface area contributed by atoms with E-state index in [9.17, 15) is 14.4 Å². The second kappa shape index (κ2) is 25.2. The SMILES string of the molecule is CCCCCCCCCCCCCC/C=C/CCC1CC(=O)N(c2ccc(Cl)c(N=C3NN(c4c(Cl)cc(Cl)cc4Cl)C(=O)C3N=Nc3ccc(OCC)c(OCC)c3)c2)C1=O. The summed E-state index contributed by atoms with van der Waals surface area (Å²) in [5.41, 5.74) is 3.98. The van der Waals surface area contributed by atoms with E-state index in [1.165, 1.54) is 93.7 Å². The van der Waals surface area contributed by atoms with Crippen molar-refractivity contribution >= 4 is 92.7 Å². The molecular weight excluding hydrogens is 870 g/mol. The Morgan fingerprint density at radius 2 is 1.34 bits per heavy atom. The Hall–Kier alpha value is -4.16. The lowest BCUT2D eigenvalue weighted by molar-refractivity contribution is -0.122. The Kier molecular flexibility index (Phi) is 19.9. The van der Waals surface area contributed by atoms with E-state index in [1.54, 1.807) is 30.3 Å². The molecule has 5 rings (SSSR count). The third-order valence-corrected chi connectivity index (χ3v) is 11.8. The molecule has 0 aromatic heterocycles. The van der Waals surface area contributed by atoms with Crippen LogP contribution < -0.4 is 24.8 Å². The Bertz CT molecular complexity index is 2070. The van der Waals surface area contributed by atoms with E-state index in [0.29, 0.717) is 48.9 Å². The van der Waals surface area contributed by atoms with Gasteiger partial charge in [-0.05, 0) is 82.0 Å². The van der Waals surface area contributed by atoms with Crippen LogP contribution in [0.1, 0.15) is 124 Å². The van der Waals surface area contributed by atoms with Gasteiger partial charge in [0.15, 0.2) is 17.3 Å². The standard InChI is InChI=1S/C47H58Cl4N6O5/c1-4-7-8-9-10-11-12-13-14-15-16-17-18-19-20-21-22-32-27-42(58)56(46(32)59)35-24-25-36(49)39(31-35)52-45-43(47(60)57(55-45)44-37(50)28-33(48)29-38(44)51)54-53-34-23-26-40(61-5-2)41(30-34)62-6-3/h19-20,23-26,28-32,43H,4-18,21-22,27H2,1-3H3,(H,52,55)/b20-19+,54-53?. The van der Waals surface area contributed by atoms with Crippen molar-refractivity contribution in [1.29, 1.82) is 0 Å². The number of hydrogen-bond donors (Lipinski definition) is 1. The Morgan fingerprint density at radius 3 is 2.00 bits per heavy atom. The summed E-state index contributed by atoms with van der Waals surface area (Å²) >= 11 is 25.9. The lowest BCUT2D eigenvalue weighted by Crippen LogP contribution is -2.36. The fourth-order valence-corrected chi connectivity index (χ4v) is 8.63.